The van der Waals surface area contributed by atoms with E-state index < -0.39 is 19.9 Å². The summed E-state index contributed by atoms with van der Waals surface area (Å²) in [5, 5.41) is 0.418. The molecule has 2 atom stereocenters. The number of benzene rings is 2. The van der Waals surface area contributed by atoms with E-state index in [-0.39, 0.29) is 11.3 Å². The van der Waals surface area contributed by atoms with Crippen molar-refractivity contribution in [1.29, 1.82) is 0 Å². The van der Waals surface area contributed by atoms with Gasteiger partial charge in [-0.1, -0.05) is 41.9 Å². The molecule has 0 bridgehead atoms. The smallest absolute Gasteiger partial charge is 0.419 e. The molecule has 0 fully saturated rings. The molecular formula is C15H13ClF3O3P. The monoisotopic (exact) mass is 364 g/mol. The Morgan fingerprint density at radius 1 is 1.04 bits per heavy atom. The van der Waals surface area contributed by atoms with E-state index in [1.807, 2.05) is 0 Å². The molecule has 0 aromatic heterocycles. The molecule has 0 N–H and O–H groups in total. The van der Waals surface area contributed by atoms with Crippen LogP contribution in [-0.2, 0) is 9.09 Å². The van der Waals surface area contributed by atoms with Crippen LogP contribution in [-0.4, -0.2) is 12.8 Å². The zero-order valence-electron chi connectivity index (χ0n) is 12.0. The van der Waals surface area contributed by atoms with Crippen molar-refractivity contribution in [3.05, 3.63) is 65.2 Å². The zero-order valence-corrected chi connectivity index (χ0v) is 13.6. The summed E-state index contributed by atoms with van der Waals surface area (Å²) in [6.07, 6.45) is -7.07. The van der Waals surface area contributed by atoms with E-state index in [1.54, 1.807) is 6.07 Å². The molecule has 0 radical (unpaired) electrons. The summed E-state index contributed by atoms with van der Waals surface area (Å²) in [5.41, 5.74) is -0.151. The van der Waals surface area contributed by atoms with E-state index in [1.165, 1.54) is 48.5 Å². The van der Waals surface area contributed by atoms with Gasteiger partial charge in [-0.25, -0.2) is 4.57 Å². The highest BCUT2D eigenvalue weighted by atomic mass is 35.5. The van der Waals surface area contributed by atoms with Crippen molar-refractivity contribution in [1.82, 2.24) is 0 Å². The zero-order chi connectivity index (χ0) is 17.1. The molecule has 0 unspecified atom stereocenters. The molecule has 0 amide bonds. The van der Waals surface area contributed by atoms with Gasteiger partial charge in [0, 0.05) is 11.7 Å². The molecule has 0 saturated heterocycles. The van der Waals surface area contributed by atoms with Crippen molar-refractivity contribution in [2.45, 2.75) is 12.3 Å². The van der Waals surface area contributed by atoms with Gasteiger partial charge < -0.3 is 4.52 Å². The quantitative estimate of drug-likeness (QED) is 0.623. The van der Waals surface area contributed by atoms with E-state index in [4.69, 9.17) is 20.6 Å². The van der Waals surface area contributed by atoms with E-state index in [2.05, 4.69) is 0 Å². The third kappa shape index (κ3) is 5.27. The Balaban J connectivity index is 2.21. The van der Waals surface area contributed by atoms with Crippen LogP contribution in [0.3, 0.4) is 0 Å². The number of hydrogen-bond acceptors (Lipinski definition) is 3. The van der Waals surface area contributed by atoms with Gasteiger partial charge in [-0.3, -0.25) is 4.52 Å². The van der Waals surface area contributed by atoms with Gasteiger partial charge in [0.25, 0.3) is 0 Å². The van der Waals surface area contributed by atoms with Crippen molar-refractivity contribution in [3.8, 4) is 5.75 Å². The average molecular weight is 365 g/mol. The topological polar surface area (TPSA) is 35.5 Å². The molecule has 2 aromatic rings. The normalized spacial score (nSPS) is 15.7. The molecule has 0 aliphatic rings. The predicted octanol–water partition coefficient (Wildman–Crippen LogP) is 5.86. The Labute approximate surface area is 136 Å². The fraction of sp³-hybridized carbons (Fsp3) is 0.200. The minimum Gasteiger partial charge on any atom is -0.425 e. The molecule has 2 aromatic carbocycles. The summed E-state index contributed by atoms with van der Waals surface area (Å²) < 4.78 is 61.8. The maximum absolute atomic E-state index is 13.2. The maximum Gasteiger partial charge on any atom is 0.419 e. The Hall–Kier alpha value is -1.49. The summed E-state index contributed by atoms with van der Waals surface area (Å²) in [4.78, 5) is 0. The summed E-state index contributed by atoms with van der Waals surface area (Å²) >= 11 is 5.70. The third-order valence-corrected chi connectivity index (χ3v) is 4.17. The van der Waals surface area contributed by atoms with Crippen LogP contribution in [0.5, 0.6) is 5.75 Å². The van der Waals surface area contributed by atoms with Crippen LogP contribution in [0.25, 0.3) is 0 Å². The highest BCUT2D eigenvalue weighted by Gasteiger charge is 2.45. The molecule has 0 aliphatic heterocycles. The molecule has 3 nitrogen and oxygen atoms in total. The molecular weight excluding hydrogens is 352 g/mol. The lowest BCUT2D eigenvalue weighted by Gasteiger charge is -2.24. The number of hydrogen-bond donors (Lipinski definition) is 0. The van der Waals surface area contributed by atoms with Gasteiger partial charge in [0.15, 0.2) is 6.10 Å². The molecule has 2 rings (SSSR count). The van der Waals surface area contributed by atoms with E-state index in [0.717, 1.165) is 6.66 Å². The fourth-order valence-corrected chi connectivity index (χ4v) is 3.14. The van der Waals surface area contributed by atoms with E-state index in [0.29, 0.717) is 5.02 Å². The number of alkyl halides is 3. The first-order valence-electron chi connectivity index (χ1n) is 6.50. The SMILES string of the molecule is C[P@](=O)(Oc1ccc(Cl)cc1)O[C@H](c1ccccc1)C(F)(F)F. The van der Waals surface area contributed by atoms with Crippen LogP contribution in [0.2, 0.25) is 5.02 Å². The second-order valence-corrected chi connectivity index (χ2v) is 7.13. The largest absolute Gasteiger partial charge is 0.425 e. The Kier molecular flexibility index (Phi) is 5.40. The lowest BCUT2D eigenvalue weighted by Crippen LogP contribution is -2.23. The van der Waals surface area contributed by atoms with Gasteiger partial charge in [0.2, 0.25) is 0 Å². The van der Waals surface area contributed by atoms with Gasteiger partial charge >= 0.3 is 13.8 Å². The third-order valence-electron chi connectivity index (χ3n) is 2.78. The van der Waals surface area contributed by atoms with Crippen molar-refractivity contribution in [2.24, 2.45) is 0 Å². The van der Waals surface area contributed by atoms with Crippen LogP contribution < -0.4 is 4.52 Å². The van der Waals surface area contributed by atoms with Gasteiger partial charge in [-0.05, 0) is 29.8 Å². The van der Waals surface area contributed by atoms with Crippen LogP contribution in [0.1, 0.15) is 11.7 Å². The van der Waals surface area contributed by atoms with Crippen molar-refractivity contribution in [3.63, 3.8) is 0 Å². The van der Waals surface area contributed by atoms with Crippen LogP contribution in [0, 0.1) is 0 Å². The van der Waals surface area contributed by atoms with Crippen molar-refractivity contribution < 1.29 is 26.8 Å². The molecule has 0 saturated carbocycles. The minimum atomic E-state index is -4.73. The Morgan fingerprint density at radius 3 is 2.13 bits per heavy atom. The van der Waals surface area contributed by atoms with Crippen LogP contribution in [0.15, 0.2) is 54.6 Å². The number of rotatable bonds is 5. The average Bonchev–Trinajstić information content (AvgIpc) is 2.47. The molecule has 8 heteroatoms. The summed E-state index contributed by atoms with van der Waals surface area (Å²) in [7, 11) is -4.01. The van der Waals surface area contributed by atoms with E-state index in [9.17, 15) is 17.7 Å². The predicted molar refractivity (Wildman–Crippen MR) is 81.9 cm³/mol. The van der Waals surface area contributed by atoms with Gasteiger partial charge in [-0.2, -0.15) is 13.2 Å². The van der Waals surface area contributed by atoms with Gasteiger partial charge in [-0.15, -0.1) is 0 Å². The van der Waals surface area contributed by atoms with Crippen LogP contribution >= 0.6 is 19.2 Å². The Bertz CT molecular complexity index is 689. The first-order chi connectivity index (χ1) is 10.7. The molecule has 124 valence electrons. The van der Waals surface area contributed by atoms with Gasteiger partial charge in [0.1, 0.15) is 5.75 Å². The summed E-state index contributed by atoms with van der Waals surface area (Å²) in [6.45, 7) is 0.989. The minimum absolute atomic E-state index is 0.106. The van der Waals surface area contributed by atoms with Gasteiger partial charge in [0.05, 0.1) is 0 Å². The van der Waals surface area contributed by atoms with E-state index >= 15 is 0 Å². The maximum atomic E-state index is 13.2. The highest BCUT2D eigenvalue weighted by molar-refractivity contribution is 7.53. The molecule has 0 spiro atoms. The lowest BCUT2D eigenvalue weighted by atomic mass is 10.1. The second-order valence-electron chi connectivity index (χ2n) is 4.75. The fourth-order valence-electron chi connectivity index (χ4n) is 1.84. The lowest BCUT2D eigenvalue weighted by molar-refractivity contribution is -0.199. The first-order valence-corrected chi connectivity index (χ1v) is 8.87. The molecule has 0 aliphatic carbocycles. The highest BCUT2D eigenvalue weighted by Crippen LogP contribution is 2.52. The Morgan fingerprint density at radius 2 is 1.61 bits per heavy atom. The first kappa shape index (κ1) is 17.9. The summed E-state index contributed by atoms with van der Waals surface area (Å²) in [5.74, 6) is 0.106. The standard InChI is InChI=1S/C15H13ClF3O3P/c1-23(20,21-13-9-7-12(16)8-10-13)22-14(15(17,18)19)11-5-3-2-4-6-11/h2-10,14H,1H3/t14-,23+/m1/s1. The van der Waals surface area contributed by atoms with Crippen molar-refractivity contribution in [2.75, 3.05) is 6.66 Å². The van der Waals surface area contributed by atoms with Crippen LogP contribution in [0.4, 0.5) is 13.2 Å². The summed E-state index contributed by atoms with van der Waals surface area (Å²) in [6, 6.07) is 12.7. The molecule has 23 heavy (non-hydrogen) atoms. The second kappa shape index (κ2) is 6.95. The van der Waals surface area contributed by atoms with Crippen molar-refractivity contribution >= 4 is 19.2 Å². The molecule has 0 heterocycles. The number of halogens is 4.